The van der Waals surface area contributed by atoms with Crippen LogP contribution >= 0.6 is 0 Å². The molecule has 0 amide bonds. The number of ether oxygens (including phenoxy) is 2. The third-order valence-corrected chi connectivity index (χ3v) is 1.86. The summed E-state index contributed by atoms with van der Waals surface area (Å²) in [6.07, 6.45) is -0.0702. The van der Waals surface area contributed by atoms with Gasteiger partial charge < -0.3 is 14.6 Å². The Bertz CT molecular complexity index is 224. The summed E-state index contributed by atoms with van der Waals surface area (Å²) in [4.78, 5) is 22.0. The lowest BCUT2D eigenvalue weighted by atomic mass is 10.2. The van der Waals surface area contributed by atoms with Gasteiger partial charge in [-0.2, -0.15) is 0 Å². The lowest BCUT2D eigenvalue weighted by Crippen LogP contribution is -2.20. The Kier molecular flexibility index (Phi) is 7.54. The van der Waals surface area contributed by atoms with Crippen LogP contribution in [0.25, 0.3) is 0 Å². The molecule has 0 rings (SSSR count). The normalized spacial score (nSPS) is 14.0. The van der Waals surface area contributed by atoms with Gasteiger partial charge in [0, 0.05) is 12.8 Å². The van der Waals surface area contributed by atoms with E-state index in [1.54, 1.807) is 20.8 Å². The van der Waals surface area contributed by atoms with Crippen LogP contribution in [0.4, 0.5) is 0 Å². The molecule has 5 heteroatoms. The van der Waals surface area contributed by atoms with E-state index >= 15 is 0 Å². The zero-order valence-electron chi connectivity index (χ0n) is 10.1. The highest BCUT2D eigenvalue weighted by Crippen LogP contribution is 2.03. The Morgan fingerprint density at radius 1 is 1.25 bits per heavy atom. The maximum absolute atomic E-state index is 11.2. The van der Waals surface area contributed by atoms with E-state index in [4.69, 9.17) is 14.6 Å². The molecular formula is C11H20O5. The number of carbonyl (C=O) groups excluding carboxylic acids is 2. The second kappa shape index (κ2) is 8.10. The zero-order valence-corrected chi connectivity index (χ0v) is 10.1. The van der Waals surface area contributed by atoms with Crippen LogP contribution < -0.4 is 0 Å². The number of aliphatic hydroxyl groups excluding tert-OH is 1. The third-order valence-electron chi connectivity index (χ3n) is 1.86. The van der Waals surface area contributed by atoms with Crippen LogP contribution in [-0.2, 0) is 19.1 Å². The summed E-state index contributed by atoms with van der Waals surface area (Å²) in [5, 5.41) is 9.06. The fraction of sp³-hybridized carbons (Fsp3) is 0.818. The van der Waals surface area contributed by atoms with Gasteiger partial charge in [0.05, 0.1) is 12.5 Å². The van der Waals surface area contributed by atoms with E-state index in [9.17, 15) is 9.59 Å². The molecule has 0 aromatic heterocycles. The average Bonchev–Trinajstić information content (AvgIpc) is 2.15. The number of esters is 2. The molecule has 0 spiro atoms. The summed E-state index contributed by atoms with van der Waals surface area (Å²) in [7, 11) is 0. The molecule has 0 saturated heterocycles. The van der Waals surface area contributed by atoms with Crippen LogP contribution in [0.3, 0.4) is 0 Å². The van der Waals surface area contributed by atoms with Crippen molar-refractivity contribution in [2.75, 3.05) is 6.61 Å². The molecule has 0 aliphatic heterocycles. The molecule has 94 valence electrons. The highest BCUT2D eigenvalue weighted by atomic mass is 16.6. The molecular weight excluding hydrogens is 212 g/mol. The number of carbonyl (C=O) groups is 2. The molecule has 16 heavy (non-hydrogen) atoms. The minimum atomic E-state index is -0.499. The minimum Gasteiger partial charge on any atom is -0.465 e. The summed E-state index contributed by atoms with van der Waals surface area (Å²) in [6, 6.07) is 0. The molecule has 2 unspecified atom stereocenters. The van der Waals surface area contributed by atoms with Gasteiger partial charge >= 0.3 is 11.9 Å². The summed E-state index contributed by atoms with van der Waals surface area (Å²) < 4.78 is 9.72. The third kappa shape index (κ3) is 8.23. The molecule has 0 aromatic rings. The Hall–Kier alpha value is -1.10. The SMILES string of the molecule is CCC(=O)OCCC(=O)OC(C)CC(C)O. The first-order chi connectivity index (χ1) is 7.45. The molecule has 5 nitrogen and oxygen atoms in total. The van der Waals surface area contributed by atoms with Crippen LogP contribution in [0.5, 0.6) is 0 Å². The van der Waals surface area contributed by atoms with Gasteiger partial charge in [-0.3, -0.25) is 9.59 Å². The topological polar surface area (TPSA) is 72.8 Å². The average molecular weight is 232 g/mol. The number of hydrogen-bond donors (Lipinski definition) is 1. The highest BCUT2D eigenvalue weighted by Gasteiger charge is 2.12. The predicted octanol–water partition coefficient (Wildman–Crippen LogP) is 1.03. The summed E-state index contributed by atoms with van der Waals surface area (Å²) in [5.41, 5.74) is 0. The first-order valence-electron chi connectivity index (χ1n) is 5.48. The summed E-state index contributed by atoms with van der Waals surface area (Å²) >= 11 is 0. The van der Waals surface area contributed by atoms with E-state index in [0.29, 0.717) is 12.8 Å². The molecule has 0 heterocycles. The van der Waals surface area contributed by atoms with Crippen molar-refractivity contribution in [2.45, 2.75) is 52.2 Å². The van der Waals surface area contributed by atoms with Gasteiger partial charge in [0.2, 0.25) is 0 Å². The van der Waals surface area contributed by atoms with Crippen molar-refractivity contribution in [1.29, 1.82) is 0 Å². The highest BCUT2D eigenvalue weighted by molar-refractivity contribution is 5.71. The van der Waals surface area contributed by atoms with E-state index in [1.807, 2.05) is 0 Å². The summed E-state index contributed by atoms with van der Waals surface area (Å²) in [5.74, 6) is -0.748. The number of rotatable bonds is 7. The maximum atomic E-state index is 11.2. The van der Waals surface area contributed by atoms with Crippen molar-refractivity contribution in [3.8, 4) is 0 Å². The predicted molar refractivity (Wildman–Crippen MR) is 57.7 cm³/mol. The fourth-order valence-electron chi connectivity index (χ4n) is 1.16. The van der Waals surface area contributed by atoms with Crippen LogP contribution in [0.1, 0.15) is 40.0 Å². The van der Waals surface area contributed by atoms with Gasteiger partial charge in [-0.25, -0.2) is 0 Å². The van der Waals surface area contributed by atoms with Crippen molar-refractivity contribution in [1.82, 2.24) is 0 Å². The van der Waals surface area contributed by atoms with Crippen molar-refractivity contribution >= 4 is 11.9 Å². The van der Waals surface area contributed by atoms with Crippen molar-refractivity contribution < 1.29 is 24.2 Å². The van der Waals surface area contributed by atoms with Crippen LogP contribution in [0.15, 0.2) is 0 Å². The lowest BCUT2D eigenvalue weighted by Gasteiger charge is -2.14. The molecule has 2 atom stereocenters. The molecule has 1 N–H and O–H groups in total. The van der Waals surface area contributed by atoms with Gasteiger partial charge in [0.1, 0.15) is 12.7 Å². The monoisotopic (exact) mass is 232 g/mol. The van der Waals surface area contributed by atoms with E-state index in [2.05, 4.69) is 0 Å². The molecule has 0 saturated carbocycles. The van der Waals surface area contributed by atoms with Crippen LogP contribution in [0.2, 0.25) is 0 Å². The molecule has 0 bridgehead atoms. The van der Waals surface area contributed by atoms with Crippen molar-refractivity contribution in [3.05, 3.63) is 0 Å². The Morgan fingerprint density at radius 2 is 1.88 bits per heavy atom. The number of hydrogen-bond acceptors (Lipinski definition) is 5. The largest absolute Gasteiger partial charge is 0.465 e. The quantitative estimate of drug-likeness (QED) is 0.664. The first kappa shape index (κ1) is 14.9. The Balaban J connectivity index is 3.62. The molecule has 0 aliphatic rings. The van der Waals surface area contributed by atoms with Crippen LogP contribution in [-0.4, -0.2) is 35.9 Å². The number of aliphatic hydroxyl groups is 1. The van der Waals surface area contributed by atoms with E-state index < -0.39 is 12.1 Å². The second-order valence-electron chi connectivity index (χ2n) is 3.71. The first-order valence-corrected chi connectivity index (χ1v) is 5.48. The van der Waals surface area contributed by atoms with E-state index in [-0.39, 0.29) is 25.1 Å². The van der Waals surface area contributed by atoms with E-state index in [1.165, 1.54) is 0 Å². The van der Waals surface area contributed by atoms with Gasteiger partial charge in [0.25, 0.3) is 0 Å². The standard InChI is InChI=1S/C11H20O5/c1-4-10(13)15-6-5-11(14)16-9(3)7-8(2)12/h8-9,12H,4-7H2,1-3H3. The van der Waals surface area contributed by atoms with Crippen LogP contribution in [0, 0.1) is 0 Å². The van der Waals surface area contributed by atoms with E-state index in [0.717, 1.165) is 0 Å². The smallest absolute Gasteiger partial charge is 0.309 e. The Morgan fingerprint density at radius 3 is 2.38 bits per heavy atom. The van der Waals surface area contributed by atoms with Gasteiger partial charge in [-0.1, -0.05) is 6.92 Å². The molecule has 0 fully saturated rings. The summed E-state index contributed by atoms with van der Waals surface area (Å²) in [6.45, 7) is 5.08. The van der Waals surface area contributed by atoms with Gasteiger partial charge in [-0.05, 0) is 13.8 Å². The molecule has 0 radical (unpaired) electrons. The fourth-order valence-corrected chi connectivity index (χ4v) is 1.16. The maximum Gasteiger partial charge on any atom is 0.309 e. The second-order valence-corrected chi connectivity index (χ2v) is 3.71. The molecule has 0 aromatic carbocycles. The molecule has 0 aliphatic carbocycles. The zero-order chi connectivity index (χ0) is 12.6. The van der Waals surface area contributed by atoms with Crippen molar-refractivity contribution in [2.24, 2.45) is 0 Å². The Labute approximate surface area is 95.7 Å². The lowest BCUT2D eigenvalue weighted by molar-refractivity contribution is -0.152. The van der Waals surface area contributed by atoms with Gasteiger partial charge in [-0.15, -0.1) is 0 Å². The van der Waals surface area contributed by atoms with Gasteiger partial charge in [0.15, 0.2) is 0 Å². The van der Waals surface area contributed by atoms with Crippen molar-refractivity contribution in [3.63, 3.8) is 0 Å². The minimum absolute atomic E-state index is 0.0485.